The summed E-state index contributed by atoms with van der Waals surface area (Å²) in [5.41, 5.74) is 2.21. The molecule has 0 fully saturated rings. The number of fused-ring (bicyclic) bond motifs is 1. The fraction of sp³-hybridized carbons (Fsp3) is 0.500. The molecule has 1 heterocycles. The van der Waals surface area contributed by atoms with Crippen molar-refractivity contribution in [1.29, 1.82) is 0 Å². The number of urea groups is 1. The number of benzene rings is 1. The average molecular weight is 348 g/mol. The van der Waals surface area contributed by atoms with Crippen LogP contribution in [0, 0.1) is 0 Å². The van der Waals surface area contributed by atoms with E-state index in [9.17, 15) is 14.4 Å². The summed E-state index contributed by atoms with van der Waals surface area (Å²) in [7, 11) is 1.35. The molecule has 7 nitrogen and oxygen atoms in total. The second-order valence-electron chi connectivity index (χ2n) is 6.22. The predicted molar refractivity (Wildman–Crippen MR) is 91.9 cm³/mol. The molecule has 25 heavy (non-hydrogen) atoms. The fourth-order valence-electron chi connectivity index (χ4n) is 3.04. The van der Waals surface area contributed by atoms with Gasteiger partial charge in [0.1, 0.15) is 6.54 Å². The van der Waals surface area contributed by atoms with Gasteiger partial charge in [0, 0.05) is 18.5 Å². The van der Waals surface area contributed by atoms with Gasteiger partial charge < -0.3 is 15.0 Å². The van der Waals surface area contributed by atoms with Crippen LogP contribution in [0.2, 0.25) is 0 Å². The van der Waals surface area contributed by atoms with Crippen molar-refractivity contribution in [1.82, 2.24) is 10.6 Å². The molecule has 1 aliphatic rings. The Morgan fingerprint density at radius 1 is 1.24 bits per heavy atom. The van der Waals surface area contributed by atoms with Gasteiger partial charge in [-0.2, -0.15) is 0 Å². The third kappa shape index (κ3) is 5.29. The quantitative estimate of drug-likeness (QED) is 0.490. The van der Waals surface area contributed by atoms with Crippen molar-refractivity contribution in [3.8, 4) is 0 Å². The number of rotatable bonds is 6. The van der Waals surface area contributed by atoms with E-state index >= 15 is 0 Å². The molecule has 3 amide bonds. The van der Waals surface area contributed by atoms with Gasteiger partial charge in [-0.15, -0.1) is 0 Å². The molecule has 0 saturated carbocycles. The number of carbonyl (C=O) groups excluding carboxylic acids is 3. The van der Waals surface area contributed by atoms with Gasteiger partial charge in [0.25, 0.3) is 5.91 Å². The van der Waals surface area contributed by atoms with Crippen molar-refractivity contribution in [2.75, 3.05) is 20.2 Å². The molecule has 0 saturated heterocycles. The zero-order chi connectivity index (χ0) is 18.2. The molecule has 1 aromatic carbocycles. The first-order valence-corrected chi connectivity index (χ1v) is 8.62. The predicted octanol–water partition coefficient (Wildman–Crippen LogP) is -0.205. The molecule has 1 aliphatic heterocycles. The van der Waals surface area contributed by atoms with Crippen molar-refractivity contribution in [3.63, 3.8) is 0 Å². The maximum Gasteiger partial charge on any atom is 0.365 e. The standard InChI is InChI=1S/C18H25N3O4/c1-3-4-9-19-18(24)20-16(22)12-21-11-14-8-6-5-7-13(14)10-15(21)17(23)25-2/h5-8,15H,3-4,9-12H2,1-2H3,(H2,19,20,22,24)/p+1/t15-/m1/s1. The minimum Gasteiger partial charge on any atom is -0.465 e. The topological polar surface area (TPSA) is 88.9 Å². The molecular weight excluding hydrogens is 322 g/mol. The monoisotopic (exact) mass is 348 g/mol. The lowest BCUT2D eigenvalue weighted by Gasteiger charge is -2.31. The van der Waals surface area contributed by atoms with E-state index < -0.39 is 18.0 Å². The van der Waals surface area contributed by atoms with Gasteiger partial charge in [0.2, 0.25) is 0 Å². The van der Waals surface area contributed by atoms with E-state index in [-0.39, 0.29) is 12.5 Å². The highest BCUT2D eigenvalue weighted by Gasteiger charge is 2.37. The molecule has 136 valence electrons. The maximum absolute atomic E-state index is 12.2. The number of ether oxygens (including phenoxy) is 1. The van der Waals surface area contributed by atoms with Crippen LogP contribution in [-0.4, -0.2) is 44.1 Å². The van der Waals surface area contributed by atoms with E-state index in [4.69, 9.17) is 4.74 Å². The smallest absolute Gasteiger partial charge is 0.365 e. The normalized spacial score (nSPS) is 18.8. The third-order valence-corrected chi connectivity index (χ3v) is 4.39. The van der Waals surface area contributed by atoms with E-state index in [0.717, 1.165) is 28.9 Å². The minimum absolute atomic E-state index is 0.0370. The SMILES string of the molecule is CCCCNC(=O)NC(=O)C[NH+]1Cc2ccccc2C[C@@H]1C(=O)OC. The minimum atomic E-state index is -0.495. The Balaban J connectivity index is 1.99. The maximum atomic E-state index is 12.2. The lowest BCUT2D eigenvalue weighted by molar-refractivity contribution is -0.924. The highest BCUT2D eigenvalue weighted by molar-refractivity contribution is 5.94. The molecule has 2 atom stereocenters. The number of esters is 1. The van der Waals surface area contributed by atoms with Crippen LogP contribution in [0.15, 0.2) is 24.3 Å². The van der Waals surface area contributed by atoms with E-state index in [1.165, 1.54) is 7.11 Å². The summed E-state index contributed by atoms with van der Waals surface area (Å²) < 4.78 is 4.89. The Kier molecular flexibility index (Phi) is 6.94. The molecule has 2 rings (SSSR count). The first-order valence-electron chi connectivity index (χ1n) is 8.62. The summed E-state index contributed by atoms with van der Waals surface area (Å²) in [6, 6.07) is 6.92. The van der Waals surface area contributed by atoms with Crippen molar-refractivity contribution >= 4 is 17.9 Å². The van der Waals surface area contributed by atoms with Crippen molar-refractivity contribution in [2.24, 2.45) is 0 Å². The molecule has 3 N–H and O–H groups in total. The Labute approximate surface area is 147 Å². The van der Waals surface area contributed by atoms with Crippen LogP contribution in [0.1, 0.15) is 30.9 Å². The number of quaternary nitrogens is 1. The Bertz CT molecular complexity index is 633. The van der Waals surface area contributed by atoms with Gasteiger partial charge in [-0.25, -0.2) is 9.59 Å². The number of hydrogen-bond acceptors (Lipinski definition) is 4. The van der Waals surface area contributed by atoms with Crippen LogP contribution in [0.4, 0.5) is 4.79 Å². The summed E-state index contributed by atoms with van der Waals surface area (Å²) in [6.45, 7) is 3.13. The van der Waals surface area contributed by atoms with Gasteiger partial charge >= 0.3 is 12.0 Å². The van der Waals surface area contributed by atoms with Crippen LogP contribution < -0.4 is 15.5 Å². The van der Waals surface area contributed by atoms with E-state index in [2.05, 4.69) is 10.6 Å². The van der Waals surface area contributed by atoms with E-state index in [1.807, 2.05) is 31.2 Å². The number of carbonyl (C=O) groups is 3. The Hall–Kier alpha value is -2.41. The molecule has 0 radical (unpaired) electrons. The average Bonchev–Trinajstić information content (AvgIpc) is 2.60. The second-order valence-corrected chi connectivity index (χ2v) is 6.22. The number of amides is 3. The van der Waals surface area contributed by atoms with Crippen LogP contribution in [0.25, 0.3) is 0 Å². The molecule has 0 aliphatic carbocycles. The Morgan fingerprint density at radius 2 is 1.96 bits per heavy atom. The summed E-state index contributed by atoms with van der Waals surface area (Å²) in [4.78, 5) is 36.8. The van der Waals surface area contributed by atoms with Gasteiger partial charge in [0.15, 0.2) is 12.6 Å². The zero-order valence-corrected chi connectivity index (χ0v) is 14.8. The van der Waals surface area contributed by atoms with Gasteiger partial charge in [-0.1, -0.05) is 37.6 Å². The number of hydrogen-bond donors (Lipinski definition) is 3. The summed E-state index contributed by atoms with van der Waals surface area (Å²) in [5.74, 6) is -0.748. The van der Waals surface area contributed by atoms with Crippen LogP contribution in [0.3, 0.4) is 0 Å². The molecule has 7 heteroatoms. The number of unbranched alkanes of at least 4 members (excludes halogenated alkanes) is 1. The highest BCUT2D eigenvalue weighted by Crippen LogP contribution is 2.14. The third-order valence-electron chi connectivity index (χ3n) is 4.39. The van der Waals surface area contributed by atoms with Crippen molar-refractivity contribution in [3.05, 3.63) is 35.4 Å². The molecule has 0 spiro atoms. The van der Waals surface area contributed by atoms with Crippen molar-refractivity contribution in [2.45, 2.75) is 38.8 Å². The molecule has 1 unspecified atom stereocenters. The summed E-state index contributed by atoms with van der Waals surface area (Å²) in [5, 5.41) is 4.97. The lowest BCUT2D eigenvalue weighted by atomic mass is 9.94. The van der Waals surface area contributed by atoms with E-state index in [0.29, 0.717) is 19.5 Å². The number of methoxy groups -OCH3 is 1. The molecular formula is C18H26N3O4+. The first kappa shape index (κ1) is 18.9. The first-order chi connectivity index (χ1) is 12.0. The van der Waals surface area contributed by atoms with Gasteiger partial charge in [0.05, 0.1) is 7.11 Å². The van der Waals surface area contributed by atoms with Crippen molar-refractivity contribution < 1.29 is 24.0 Å². The van der Waals surface area contributed by atoms with Crippen LogP contribution in [-0.2, 0) is 27.3 Å². The Morgan fingerprint density at radius 3 is 2.64 bits per heavy atom. The summed E-state index contributed by atoms with van der Waals surface area (Å²) in [6.07, 6.45) is 2.35. The van der Waals surface area contributed by atoms with Gasteiger partial charge in [-0.3, -0.25) is 10.1 Å². The molecule has 0 bridgehead atoms. The van der Waals surface area contributed by atoms with Crippen LogP contribution in [0.5, 0.6) is 0 Å². The number of nitrogens with one attached hydrogen (secondary N) is 3. The van der Waals surface area contributed by atoms with E-state index in [1.54, 1.807) is 0 Å². The number of imide groups is 1. The van der Waals surface area contributed by atoms with Gasteiger partial charge in [-0.05, 0) is 12.0 Å². The zero-order valence-electron chi connectivity index (χ0n) is 14.8. The second kappa shape index (κ2) is 9.17. The highest BCUT2D eigenvalue weighted by atomic mass is 16.5. The fourth-order valence-corrected chi connectivity index (χ4v) is 3.04. The summed E-state index contributed by atoms with van der Waals surface area (Å²) >= 11 is 0. The molecule has 0 aromatic heterocycles. The lowest BCUT2D eigenvalue weighted by Crippen LogP contribution is -3.17. The largest absolute Gasteiger partial charge is 0.465 e. The van der Waals surface area contributed by atoms with Crippen LogP contribution >= 0.6 is 0 Å². The molecule has 1 aromatic rings.